The van der Waals surface area contributed by atoms with Gasteiger partial charge in [-0.3, -0.25) is 14.9 Å². The Kier molecular flexibility index (Phi) is 6.21. The van der Waals surface area contributed by atoms with E-state index in [4.69, 9.17) is 4.74 Å². The summed E-state index contributed by atoms with van der Waals surface area (Å²) < 4.78 is 18.8. The number of hydrogen-bond acceptors (Lipinski definition) is 5. The van der Waals surface area contributed by atoms with E-state index in [2.05, 4.69) is 10.6 Å². The third kappa shape index (κ3) is 4.75. The zero-order valence-electron chi connectivity index (χ0n) is 16.1. The predicted octanol–water partition coefficient (Wildman–Crippen LogP) is 4.21. The molecular formula is C23H21FN2O3S. The Hall–Kier alpha value is -3.03. The third-order valence-corrected chi connectivity index (χ3v) is 5.91. The molecule has 0 spiro atoms. The average molecular weight is 424 g/mol. The van der Waals surface area contributed by atoms with Crippen molar-refractivity contribution in [2.75, 3.05) is 6.54 Å². The summed E-state index contributed by atoms with van der Waals surface area (Å²) in [5.74, 6) is -0.452. The van der Waals surface area contributed by atoms with Crippen LogP contribution in [0.4, 0.5) is 4.39 Å². The smallest absolute Gasteiger partial charge is 0.243 e. The Morgan fingerprint density at radius 1 is 1.07 bits per heavy atom. The number of rotatable bonds is 6. The molecule has 3 aromatic rings. The first-order chi connectivity index (χ1) is 14.6. The normalized spacial score (nSPS) is 16.8. The first-order valence-electron chi connectivity index (χ1n) is 9.75. The summed E-state index contributed by atoms with van der Waals surface area (Å²) in [5, 5.41) is 7.58. The summed E-state index contributed by atoms with van der Waals surface area (Å²) in [4.78, 5) is 26.3. The minimum absolute atomic E-state index is 0.282. The molecule has 2 atom stereocenters. The lowest BCUT2D eigenvalue weighted by Gasteiger charge is -2.18. The summed E-state index contributed by atoms with van der Waals surface area (Å²) in [6.45, 7) is 0.788. The van der Waals surface area contributed by atoms with Gasteiger partial charge in [-0.25, -0.2) is 4.39 Å². The number of hydrogen-bond donors (Lipinski definition) is 2. The molecule has 1 aliphatic heterocycles. The van der Waals surface area contributed by atoms with E-state index in [-0.39, 0.29) is 23.7 Å². The van der Waals surface area contributed by atoms with Crippen molar-refractivity contribution in [3.05, 3.63) is 82.3 Å². The monoisotopic (exact) mass is 424 g/mol. The Labute approximate surface area is 177 Å². The number of nitrogens with one attached hydrogen (secondary N) is 2. The van der Waals surface area contributed by atoms with Crippen LogP contribution < -0.4 is 15.4 Å². The lowest BCUT2D eigenvalue weighted by molar-refractivity contribution is -0.131. The predicted molar refractivity (Wildman–Crippen MR) is 113 cm³/mol. The molecular weight excluding hydrogens is 403 g/mol. The molecule has 2 amide bonds. The highest BCUT2D eigenvalue weighted by Gasteiger charge is 2.29. The van der Waals surface area contributed by atoms with Gasteiger partial charge in [0.15, 0.2) is 0 Å². The van der Waals surface area contributed by atoms with Crippen LogP contribution >= 0.6 is 11.3 Å². The second-order valence-electron chi connectivity index (χ2n) is 7.08. The van der Waals surface area contributed by atoms with E-state index in [0.717, 1.165) is 29.8 Å². The van der Waals surface area contributed by atoms with E-state index in [1.807, 2.05) is 17.5 Å². The first kappa shape index (κ1) is 20.3. The van der Waals surface area contributed by atoms with E-state index >= 15 is 0 Å². The summed E-state index contributed by atoms with van der Waals surface area (Å²) in [7, 11) is 0. The maximum Gasteiger partial charge on any atom is 0.243 e. The number of thiophene rings is 1. The maximum absolute atomic E-state index is 13.0. The van der Waals surface area contributed by atoms with Crippen molar-refractivity contribution in [1.29, 1.82) is 0 Å². The van der Waals surface area contributed by atoms with Crippen LogP contribution in [-0.4, -0.2) is 24.4 Å². The number of carbonyl (C=O) groups is 2. The minimum Gasteiger partial charge on any atom is -0.457 e. The molecule has 0 aliphatic carbocycles. The van der Waals surface area contributed by atoms with Gasteiger partial charge in [0, 0.05) is 4.88 Å². The van der Waals surface area contributed by atoms with Crippen molar-refractivity contribution in [3.63, 3.8) is 0 Å². The van der Waals surface area contributed by atoms with Crippen molar-refractivity contribution in [2.45, 2.75) is 24.8 Å². The zero-order valence-corrected chi connectivity index (χ0v) is 17.0. The standard InChI is InChI=1S/C23H21FN2O3S/c24-16-7-11-18(12-8-16)29-17-9-5-15(6-10-17)21(20-4-2-14-30-20)23(28)26-22(27)19-3-1-13-25-19/h2,4-12,14,19,21,25H,1,3,13H2,(H,26,27,28). The van der Waals surface area contributed by atoms with Gasteiger partial charge in [0.1, 0.15) is 17.3 Å². The van der Waals surface area contributed by atoms with E-state index in [9.17, 15) is 14.0 Å². The number of imide groups is 1. The lowest BCUT2D eigenvalue weighted by Crippen LogP contribution is -2.44. The third-order valence-electron chi connectivity index (χ3n) is 4.98. The van der Waals surface area contributed by atoms with Gasteiger partial charge in [-0.15, -0.1) is 11.3 Å². The molecule has 1 saturated heterocycles. The van der Waals surface area contributed by atoms with E-state index in [1.165, 1.54) is 23.5 Å². The van der Waals surface area contributed by atoms with Crippen LogP contribution in [0.3, 0.4) is 0 Å². The van der Waals surface area contributed by atoms with Crippen molar-refractivity contribution in [1.82, 2.24) is 10.6 Å². The second kappa shape index (κ2) is 9.19. The van der Waals surface area contributed by atoms with E-state index in [1.54, 1.807) is 36.4 Å². The Bertz CT molecular complexity index is 998. The molecule has 2 unspecified atom stereocenters. The molecule has 2 aromatic carbocycles. The van der Waals surface area contributed by atoms with Crippen LogP contribution in [0.1, 0.15) is 29.2 Å². The van der Waals surface area contributed by atoms with Gasteiger partial charge in [-0.1, -0.05) is 18.2 Å². The summed E-state index contributed by atoms with van der Waals surface area (Å²) in [5.41, 5.74) is 0.758. The Balaban J connectivity index is 1.51. The average Bonchev–Trinajstić information content (AvgIpc) is 3.46. The maximum atomic E-state index is 13.0. The van der Waals surface area contributed by atoms with Crippen molar-refractivity contribution in [3.8, 4) is 11.5 Å². The molecule has 2 N–H and O–H groups in total. The molecule has 154 valence electrons. The molecule has 30 heavy (non-hydrogen) atoms. The van der Waals surface area contributed by atoms with Gasteiger partial charge in [0.2, 0.25) is 11.8 Å². The first-order valence-corrected chi connectivity index (χ1v) is 10.6. The number of halogens is 1. The SMILES string of the molecule is O=C(NC(=O)C(c1ccc(Oc2ccc(F)cc2)cc1)c1cccs1)C1CCCN1. The van der Waals surface area contributed by atoms with E-state index < -0.39 is 5.92 Å². The van der Waals surface area contributed by atoms with Gasteiger partial charge in [0.25, 0.3) is 0 Å². The van der Waals surface area contributed by atoms with Crippen molar-refractivity contribution < 1.29 is 18.7 Å². The highest BCUT2D eigenvalue weighted by Crippen LogP contribution is 2.31. The number of carbonyl (C=O) groups excluding carboxylic acids is 2. The number of benzene rings is 2. The highest BCUT2D eigenvalue weighted by atomic mass is 32.1. The molecule has 0 radical (unpaired) electrons. The Morgan fingerprint density at radius 3 is 2.37 bits per heavy atom. The van der Waals surface area contributed by atoms with Crippen molar-refractivity contribution >= 4 is 23.2 Å². The Morgan fingerprint density at radius 2 is 1.77 bits per heavy atom. The van der Waals surface area contributed by atoms with Crippen LogP contribution in [0.15, 0.2) is 66.0 Å². The zero-order chi connectivity index (χ0) is 20.9. The van der Waals surface area contributed by atoms with Crippen LogP contribution in [0, 0.1) is 5.82 Å². The number of amides is 2. The number of ether oxygens (including phenoxy) is 1. The molecule has 1 aromatic heterocycles. The fourth-order valence-corrected chi connectivity index (χ4v) is 4.31. The molecule has 0 saturated carbocycles. The van der Waals surface area contributed by atoms with Gasteiger partial charge in [0.05, 0.1) is 12.0 Å². The summed E-state index contributed by atoms with van der Waals surface area (Å²) >= 11 is 1.47. The highest BCUT2D eigenvalue weighted by molar-refractivity contribution is 7.10. The second-order valence-corrected chi connectivity index (χ2v) is 8.06. The van der Waals surface area contributed by atoms with Crippen LogP contribution in [0.2, 0.25) is 0 Å². The molecule has 7 heteroatoms. The quantitative estimate of drug-likeness (QED) is 0.622. The van der Waals surface area contributed by atoms with Gasteiger partial charge in [-0.2, -0.15) is 0 Å². The van der Waals surface area contributed by atoms with Crippen LogP contribution in [0.25, 0.3) is 0 Å². The van der Waals surface area contributed by atoms with Crippen molar-refractivity contribution in [2.24, 2.45) is 0 Å². The van der Waals surface area contributed by atoms with E-state index in [0.29, 0.717) is 11.5 Å². The molecule has 5 nitrogen and oxygen atoms in total. The fourth-order valence-electron chi connectivity index (χ4n) is 3.46. The lowest BCUT2D eigenvalue weighted by atomic mass is 9.96. The minimum atomic E-state index is -0.588. The van der Waals surface area contributed by atoms with Gasteiger partial charge in [-0.05, 0) is 72.8 Å². The molecule has 2 heterocycles. The van der Waals surface area contributed by atoms with Crippen LogP contribution in [0.5, 0.6) is 11.5 Å². The summed E-state index contributed by atoms with van der Waals surface area (Å²) in [6, 6.07) is 16.3. The molecule has 1 aliphatic rings. The van der Waals surface area contributed by atoms with Crippen LogP contribution in [-0.2, 0) is 9.59 Å². The molecule has 4 rings (SSSR count). The largest absolute Gasteiger partial charge is 0.457 e. The van der Waals surface area contributed by atoms with Gasteiger partial charge >= 0.3 is 0 Å². The fraction of sp³-hybridized carbons (Fsp3) is 0.217. The summed E-state index contributed by atoms with van der Waals surface area (Å²) in [6.07, 6.45) is 1.66. The molecule has 1 fully saturated rings. The molecule has 0 bridgehead atoms. The van der Waals surface area contributed by atoms with Gasteiger partial charge < -0.3 is 10.1 Å². The topological polar surface area (TPSA) is 67.4 Å².